The van der Waals surface area contributed by atoms with Crippen molar-refractivity contribution in [3.8, 4) is 0 Å². The highest BCUT2D eigenvalue weighted by Crippen LogP contribution is 2.06. The molecule has 0 saturated carbocycles. The molecule has 0 aliphatic rings. The summed E-state index contributed by atoms with van der Waals surface area (Å²) in [5.74, 6) is -3.21. The van der Waals surface area contributed by atoms with E-state index in [9.17, 15) is 29.1 Å². The molecule has 0 spiro atoms. The van der Waals surface area contributed by atoms with Gasteiger partial charge in [-0.2, -0.15) is 24.4 Å². The van der Waals surface area contributed by atoms with E-state index in [0.717, 1.165) is 0 Å². The maximum atomic E-state index is 12.7. The van der Waals surface area contributed by atoms with Crippen LogP contribution in [0.25, 0.3) is 0 Å². The SMILES string of the molecule is CSCCC(NC(=O)C(CS)NC(=O)C(N)CC(C)C)C(=O)NC(CCC(N)=O)C(=O)O. The molecule has 0 rings (SSSR count). The topological polar surface area (TPSA) is 194 Å². The highest BCUT2D eigenvalue weighted by Gasteiger charge is 2.29. The minimum absolute atomic E-state index is 0.0286. The van der Waals surface area contributed by atoms with Gasteiger partial charge in [-0.1, -0.05) is 13.8 Å². The number of carboxylic acids is 1. The molecule has 0 bridgehead atoms. The van der Waals surface area contributed by atoms with Gasteiger partial charge in [0.1, 0.15) is 18.1 Å². The predicted molar refractivity (Wildman–Crippen MR) is 126 cm³/mol. The van der Waals surface area contributed by atoms with Gasteiger partial charge in [0, 0.05) is 12.2 Å². The van der Waals surface area contributed by atoms with Crippen molar-refractivity contribution in [2.45, 2.75) is 63.7 Å². The number of amides is 4. The van der Waals surface area contributed by atoms with Crippen LogP contribution in [-0.4, -0.2) is 76.6 Å². The fraction of sp³-hybridized carbons (Fsp3) is 0.737. The number of nitrogens with two attached hydrogens (primary N) is 2. The fourth-order valence-electron chi connectivity index (χ4n) is 2.68. The van der Waals surface area contributed by atoms with Crippen molar-refractivity contribution >= 4 is 54.0 Å². The summed E-state index contributed by atoms with van der Waals surface area (Å²) in [4.78, 5) is 59.9. The Hall–Kier alpha value is -1.99. The third kappa shape index (κ3) is 12.2. The first kappa shape index (κ1) is 30.0. The number of aliphatic carboxylic acids is 1. The van der Waals surface area contributed by atoms with Crippen molar-refractivity contribution in [3.63, 3.8) is 0 Å². The Labute approximate surface area is 198 Å². The summed E-state index contributed by atoms with van der Waals surface area (Å²) < 4.78 is 0. The molecular weight excluding hydrogens is 458 g/mol. The molecule has 0 aromatic rings. The van der Waals surface area contributed by atoms with Gasteiger partial charge in [-0.05, 0) is 37.2 Å². The minimum atomic E-state index is -1.34. The van der Waals surface area contributed by atoms with Crippen LogP contribution in [0.2, 0.25) is 0 Å². The van der Waals surface area contributed by atoms with E-state index in [4.69, 9.17) is 11.5 Å². The van der Waals surface area contributed by atoms with E-state index in [1.54, 1.807) is 0 Å². The molecule has 0 aliphatic carbocycles. The van der Waals surface area contributed by atoms with Crippen LogP contribution in [0.1, 0.15) is 39.5 Å². The molecule has 32 heavy (non-hydrogen) atoms. The van der Waals surface area contributed by atoms with E-state index < -0.39 is 53.8 Å². The Bertz CT molecular complexity index is 664. The highest BCUT2D eigenvalue weighted by atomic mass is 32.2. The molecule has 0 heterocycles. The van der Waals surface area contributed by atoms with Crippen LogP contribution in [0.5, 0.6) is 0 Å². The first-order valence-corrected chi connectivity index (χ1v) is 12.2. The van der Waals surface area contributed by atoms with E-state index in [1.807, 2.05) is 20.1 Å². The molecule has 0 aliphatic heterocycles. The average Bonchev–Trinajstić information content (AvgIpc) is 2.70. The summed E-state index contributed by atoms with van der Waals surface area (Å²) >= 11 is 5.54. The van der Waals surface area contributed by atoms with E-state index in [1.165, 1.54) is 11.8 Å². The molecule has 4 amide bonds. The first-order chi connectivity index (χ1) is 14.9. The maximum absolute atomic E-state index is 12.7. The Kier molecular flexibility index (Phi) is 14.8. The lowest BCUT2D eigenvalue weighted by molar-refractivity contribution is -0.142. The largest absolute Gasteiger partial charge is 0.480 e. The van der Waals surface area contributed by atoms with Crippen molar-refractivity contribution in [1.82, 2.24) is 16.0 Å². The van der Waals surface area contributed by atoms with Crippen LogP contribution in [0.3, 0.4) is 0 Å². The number of thiol groups is 1. The molecule has 4 atom stereocenters. The quantitative estimate of drug-likeness (QED) is 0.131. The second-order valence-electron chi connectivity index (χ2n) is 7.73. The Morgan fingerprint density at radius 2 is 1.47 bits per heavy atom. The molecule has 0 radical (unpaired) electrons. The van der Waals surface area contributed by atoms with E-state index in [-0.39, 0.29) is 30.9 Å². The number of nitrogens with one attached hydrogen (secondary N) is 3. The molecule has 0 aromatic carbocycles. The van der Waals surface area contributed by atoms with Crippen LogP contribution in [0.4, 0.5) is 0 Å². The number of hydrogen-bond acceptors (Lipinski definition) is 8. The predicted octanol–water partition coefficient (Wildman–Crippen LogP) is -1.15. The second kappa shape index (κ2) is 15.8. The minimum Gasteiger partial charge on any atom is -0.480 e. The third-order valence-corrected chi connectivity index (χ3v) is 5.42. The number of thioether (sulfide) groups is 1. The van der Waals surface area contributed by atoms with Gasteiger partial charge in [-0.25, -0.2) is 4.79 Å². The third-order valence-electron chi connectivity index (χ3n) is 4.42. The van der Waals surface area contributed by atoms with Crippen LogP contribution < -0.4 is 27.4 Å². The molecular formula is C19H35N5O6S2. The smallest absolute Gasteiger partial charge is 0.326 e. The van der Waals surface area contributed by atoms with Crippen molar-refractivity contribution < 1.29 is 29.1 Å². The van der Waals surface area contributed by atoms with Crippen LogP contribution in [-0.2, 0) is 24.0 Å². The number of rotatable bonds is 16. The molecule has 0 saturated heterocycles. The summed E-state index contributed by atoms with van der Waals surface area (Å²) in [5, 5.41) is 16.7. The average molecular weight is 494 g/mol. The zero-order valence-electron chi connectivity index (χ0n) is 18.6. The Morgan fingerprint density at radius 3 is 1.94 bits per heavy atom. The van der Waals surface area contributed by atoms with Crippen molar-refractivity contribution in [1.29, 1.82) is 0 Å². The van der Waals surface area contributed by atoms with Crippen molar-refractivity contribution in [3.05, 3.63) is 0 Å². The molecule has 0 aromatic heterocycles. The van der Waals surface area contributed by atoms with Gasteiger partial charge in [-0.15, -0.1) is 0 Å². The van der Waals surface area contributed by atoms with E-state index in [2.05, 4.69) is 28.6 Å². The van der Waals surface area contributed by atoms with Gasteiger partial charge in [0.25, 0.3) is 0 Å². The molecule has 4 unspecified atom stereocenters. The van der Waals surface area contributed by atoms with Gasteiger partial charge in [0.2, 0.25) is 23.6 Å². The molecule has 11 nitrogen and oxygen atoms in total. The molecule has 184 valence electrons. The number of carbonyl (C=O) groups is 5. The van der Waals surface area contributed by atoms with Gasteiger partial charge < -0.3 is 32.5 Å². The molecule has 0 fully saturated rings. The summed E-state index contributed by atoms with van der Waals surface area (Å²) in [6, 6.07) is -4.20. The van der Waals surface area contributed by atoms with Gasteiger partial charge in [-0.3, -0.25) is 19.2 Å². The maximum Gasteiger partial charge on any atom is 0.326 e. The highest BCUT2D eigenvalue weighted by molar-refractivity contribution is 7.98. The lowest BCUT2D eigenvalue weighted by Crippen LogP contribution is -2.57. The zero-order chi connectivity index (χ0) is 24.8. The lowest BCUT2D eigenvalue weighted by atomic mass is 10.0. The van der Waals surface area contributed by atoms with Crippen molar-refractivity contribution in [2.24, 2.45) is 17.4 Å². The zero-order valence-corrected chi connectivity index (χ0v) is 20.3. The number of hydrogen-bond donors (Lipinski definition) is 7. The number of carbonyl (C=O) groups excluding carboxylic acids is 4. The Morgan fingerprint density at radius 1 is 0.938 bits per heavy atom. The number of primary amides is 1. The standard InChI is InChI=1S/C19H35N5O6S2/c1-10(2)8-11(20)16(26)24-14(9-31)18(28)22-12(6-7-32-3)17(27)23-13(19(29)30)4-5-15(21)25/h10-14,31H,4-9,20H2,1-3H3,(H2,21,25)(H,22,28)(H,23,27)(H,24,26)(H,29,30). The monoisotopic (exact) mass is 493 g/mol. The van der Waals surface area contributed by atoms with Crippen molar-refractivity contribution in [2.75, 3.05) is 17.8 Å². The van der Waals surface area contributed by atoms with Gasteiger partial charge >= 0.3 is 5.97 Å². The first-order valence-electron chi connectivity index (χ1n) is 10.2. The fourth-order valence-corrected chi connectivity index (χ4v) is 3.41. The summed E-state index contributed by atoms with van der Waals surface area (Å²) in [5.41, 5.74) is 10.9. The summed E-state index contributed by atoms with van der Waals surface area (Å²) in [6.07, 6.45) is 2.08. The van der Waals surface area contributed by atoms with Crippen LogP contribution in [0, 0.1) is 5.92 Å². The number of carboxylic acid groups (broad SMARTS) is 1. The summed E-state index contributed by atoms with van der Waals surface area (Å²) in [6.45, 7) is 3.83. The van der Waals surface area contributed by atoms with E-state index >= 15 is 0 Å². The van der Waals surface area contributed by atoms with Gasteiger partial charge in [0.05, 0.1) is 6.04 Å². The summed E-state index contributed by atoms with van der Waals surface area (Å²) in [7, 11) is 0. The molecule has 8 N–H and O–H groups in total. The van der Waals surface area contributed by atoms with Crippen LogP contribution >= 0.6 is 24.4 Å². The second-order valence-corrected chi connectivity index (χ2v) is 9.08. The van der Waals surface area contributed by atoms with Crippen LogP contribution in [0.15, 0.2) is 0 Å². The lowest BCUT2D eigenvalue weighted by Gasteiger charge is -2.24. The van der Waals surface area contributed by atoms with E-state index in [0.29, 0.717) is 12.2 Å². The van der Waals surface area contributed by atoms with Gasteiger partial charge in [0.15, 0.2) is 0 Å². The Balaban J connectivity index is 5.22. The normalized spacial score (nSPS) is 14.7. The molecule has 13 heteroatoms.